The summed E-state index contributed by atoms with van der Waals surface area (Å²) >= 11 is 0. The zero-order chi connectivity index (χ0) is 16.1. The number of imidazole rings is 1. The van der Waals surface area contributed by atoms with E-state index in [9.17, 15) is 19.0 Å². The average Bonchev–Trinajstić information content (AvgIpc) is 3.01. The maximum atomic E-state index is 14.3. The molecule has 0 amide bonds. The van der Waals surface area contributed by atoms with Gasteiger partial charge in [0.25, 0.3) is 0 Å². The number of hydrogen-bond donors (Lipinski definition) is 3. The maximum Gasteiger partial charge on any atom is 0.312 e. The Morgan fingerprint density at radius 2 is 2.27 bits per heavy atom. The van der Waals surface area contributed by atoms with Gasteiger partial charge in [0, 0.05) is 0 Å². The van der Waals surface area contributed by atoms with Gasteiger partial charge in [-0.05, 0) is 0 Å². The Balaban J connectivity index is 2.11. The van der Waals surface area contributed by atoms with E-state index in [1.807, 2.05) is 5.92 Å². The van der Waals surface area contributed by atoms with Crippen molar-refractivity contribution < 1.29 is 23.7 Å². The van der Waals surface area contributed by atoms with Gasteiger partial charge in [0.15, 0.2) is 35.0 Å². The lowest BCUT2D eigenvalue weighted by atomic mass is 9.98. The standard InChI is InChI=1S/C12H11F2N5O3/c1-2-12(3-20)7(21)5(13)10(22-12)19-4-16-6-8(15)17-11(14)18-9(6)19/h1,4-5,7,10,20-21H,3H2,(H2,15,17,18). The number of ether oxygens (including phenoxy) is 1. The molecule has 3 heterocycles. The van der Waals surface area contributed by atoms with Crippen LogP contribution in [0.2, 0.25) is 0 Å². The maximum absolute atomic E-state index is 14.3. The summed E-state index contributed by atoms with van der Waals surface area (Å²) in [5.41, 5.74) is 3.54. The molecule has 0 aromatic carbocycles. The lowest BCUT2D eigenvalue weighted by Gasteiger charge is -2.23. The molecule has 1 fully saturated rings. The summed E-state index contributed by atoms with van der Waals surface area (Å²) < 4.78 is 34.0. The molecule has 10 heteroatoms. The van der Waals surface area contributed by atoms with E-state index in [-0.39, 0.29) is 17.0 Å². The number of fused-ring (bicyclic) bond motifs is 1. The molecule has 2 aromatic heterocycles. The van der Waals surface area contributed by atoms with Crippen LogP contribution in [0, 0.1) is 18.4 Å². The topological polar surface area (TPSA) is 119 Å². The zero-order valence-electron chi connectivity index (χ0n) is 11.0. The van der Waals surface area contributed by atoms with Crippen LogP contribution in [0.1, 0.15) is 6.23 Å². The summed E-state index contributed by atoms with van der Waals surface area (Å²) in [5, 5.41) is 19.2. The molecule has 0 saturated carbocycles. The van der Waals surface area contributed by atoms with Crippen molar-refractivity contribution in [2.45, 2.75) is 24.1 Å². The number of alkyl halides is 1. The fourth-order valence-electron chi connectivity index (χ4n) is 2.37. The Labute approximate surface area is 122 Å². The molecule has 116 valence electrons. The first kappa shape index (κ1) is 14.6. The van der Waals surface area contributed by atoms with Crippen molar-refractivity contribution in [2.75, 3.05) is 12.3 Å². The van der Waals surface area contributed by atoms with Crippen molar-refractivity contribution in [3.05, 3.63) is 12.4 Å². The summed E-state index contributed by atoms with van der Waals surface area (Å²) in [5.74, 6) is 1.82. The first-order valence-electron chi connectivity index (χ1n) is 6.17. The van der Waals surface area contributed by atoms with E-state index in [0.717, 1.165) is 10.9 Å². The minimum atomic E-state index is -1.99. The van der Waals surface area contributed by atoms with Gasteiger partial charge in [0.05, 0.1) is 12.9 Å². The second kappa shape index (κ2) is 4.84. The first-order chi connectivity index (χ1) is 10.4. The molecule has 8 nitrogen and oxygen atoms in total. The number of nitrogen functional groups attached to an aromatic ring is 1. The molecule has 4 atom stereocenters. The van der Waals surface area contributed by atoms with Crippen molar-refractivity contribution in [2.24, 2.45) is 0 Å². The van der Waals surface area contributed by atoms with Crippen LogP contribution in [0.5, 0.6) is 0 Å². The zero-order valence-corrected chi connectivity index (χ0v) is 11.0. The molecule has 0 aliphatic carbocycles. The third kappa shape index (κ3) is 1.83. The van der Waals surface area contributed by atoms with Crippen LogP contribution in [0.4, 0.5) is 14.6 Å². The van der Waals surface area contributed by atoms with Gasteiger partial charge in [0.2, 0.25) is 0 Å². The number of anilines is 1. The van der Waals surface area contributed by atoms with Crippen LogP contribution in [0.15, 0.2) is 6.33 Å². The van der Waals surface area contributed by atoms with Crippen LogP contribution in [0.3, 0.4) is 0 Å². The van der Waals surface area contributed by atoms with Gasteiger partial charge in [0.1, 0.15) is 6.10 Å². The number of aliphatic hydroxyl groups excluding tert-OH is 2. The second-order valence-corrected chi connectivity index (χ2v) is 4.79. The van der Waals surface area contributed by atoms with Crippen LogP contribution in [-0.2, 0) is 4.74 Å². The Bertz CT molecular complexity index is 776. The van der Waals surface area contributed by atoms with Gasteiger partial charge in [-0.15, -0.1) is 6.42 Å². The molecule has 4 N–H and O–H groups in total. The van der Waals surface area contributed by atoms with E-state index in [4.69, 9.17) is 16.9 Å². The van der Waals surface area contributed by atoms with E-state index in [1.54, 1.807) is 0 Å². The van der Waals surface area contributed by atoms with Crippen LogP contribution in [-0.4, -0.2) is 54.2 Å². The number of terminal acetylenes is 1. The van der Waals surface area contributed by atoms with Crippen LogP contribution >= 0.6 is 0 Å². The van der Waals surface area contributed by atoms with Crippen molar-refractivity contribution in [3.63, 3.8) is 0 Å². The summed E-state index contributed by atoms with van der Waals surface area (Å²) in [6.45, 7) is -0.792. The summed E-state index contributed by atoms with van der Waals surface area (Å²) in [7, 11) is 0. The summed E-state index contributed by atoms with van der Waals surface area (Å²) in [6.07, 6.45) is 0.00803. The largest absolute Gasteiger partial charge is 0.392 e. The monoisotopic (exact) mass is 311 g/mol. The quantitative estimate of drug-likeness (QED) is 0.487. The smallest absolute Gasteiger partial charge is 0.312 e. The minimum Gasteiger partial charge on any atom is -0.392 e. The van der Waals surface area contributed by atoms with E-state index < -0.39 is 36.8 Å². The number of hydrogen-bond acceptors (Lipinski definition) is 7. The van der Waals surface area contributed by atoms with Crippen LogP contribution < -0.4 is 5.73 Å². The highest BCUT2D eigenvalue weighted by Crippen LogP contribution is 2.39. The fourth-order valence-corrected chi connectivity index (χ4v) is 2.37. The number of aromatic nitrogens is 4. The van der Waals surface area contributed by atoms with E-state index >= 15 is 0 Å². The van der Waals surface area contributed by atoms with Crippen molar-refractivity contribution in [1.29, 1.82) is 0 Å². The average molecular weight is 311 g/mol. The van der Waals surface area contributed by atoms with Gasteiger partial charge in [-0.3, -0.25) is 4.57 Å². The van der Waals surface area contributed by atoms with Crippen molar-refractivity contribution in [1.82, 2.24) is 19.5 Å². The van der Waals surface area contributed by atoms with Gasteiger partial charge in [-0.1, -0.05) is 5.92 Å². The highest BCUT2D eigenvalue weighted by molar-refractivity contribution is 5.81. The molecule has 1 aliphatic rings. The summed E-state index contributed by atoms with van der Waals surface area (Å²) in [6, 6.07) is 0. The van der Waals surface area contributed by atoms with Gasteiger partial charge < -0.3 is 20.7 Å². The Morgan fingerprint density at radius 1 is 1.55 bits per heavy atom. The molecular weight excluding hydrogens is 300 g/mol. The number of aliphatic hydroxyl groups is 2. The molecule has 0 radical (unpaired) electrons. The first-order valence-corrected chi connectivity index (χ1v) is 6.17. The Hall–Kier alpha value is -2.35. The lowest BCUT2D eigenvalue weighted by molar-refractivity contribution is -0.0900. The third-order valence-corrected chi connectivity index (χ3v) is 3.56. The predicted octanol–water partition coefficient (Wildman–Crippen LogP) is -0.860. The molecule has 4 unspecified atom stereocenters. The Kier molecular flexibility index (Phi) is 3.21. The van der Waals surface area contributed by atoms with Gasteiger partial charge in [-0.2, -0.15) is 14.4 Å². The molecule has 1 saturated heterocycles. The number of halogens is 2. The molecule has 0 bridgehead atoms. The molecule has 22 heavy (non-hydrogen) atoms. The van der Waals surface area contributed by atoms with E-state index in [1.165, 1.54) is 0 Å². The van der Waals surface area contributed by atoms with E-state index in [0.29, 0.717) is 0 Å². The lowest BCUT2D eigenvalue weighted by Crippen LogP contribution is -2.44. The van der Waals surface area contributed by atoms with Crippen molar-refractivity contribution in [3.8, 4) is 12.3 Å². The SMILES string of the molecule is C#CC1(CO)OC(n2cnc3c(N)nc(F)nc32)C(F)C1O. The highest BCUT2D eigenvalue weighted by Gasteiger charge is 2.55. The number of nitrogens with zero attached hydrogens (tertiary/aromatic N) is 4. The normalized spacial score (nSPS) is 31.5. The fraction of sp³-hybridized carbons (Fsp3) is 0.417. The Morgan fingerprint density at radius 3 is 2.86 bits per heavy atom. The third-order valence-electron chi connectivity index (χ3n) is 3.56. The summed E-state index contributed by atoms with van der Waals surface area (Å²) in [4.78, 5) is 10.7. The van der Waals surface area contributed by atoms with Crippen LogP contribution in [0.25, 0.3) is 11.2 Å². The van der Waals surface area contributed by atoms with Gasteiger partial charge in [-0.25, -0.2) is 9.37 Å². The minimum absolute atomic E-state index is 0.0499. The molecule has 0 spiro atoms. The second-order valence-electron chi connectivity index (χ2n) is 4.79. The van der Waals surface area contributed by atoms with E-state index in [2.05, 4.69) is 15.0 Å². The molecule has 3 rings (SSSR count). The number of rotatable bonds is 2. The molecule has 2 aromatic rings. The van der Waals surface area contributed by atoms with Gasteiger partial charge >= 0.3 is 6.08 Å². The van der Waals surface area contributed by atoms with Crippen molar-refractivity contribution >= 4 is 17.0 Å². The molecule has 1 aliphatic heterocycles. The highest BCUT2D eigenvalue weighted by atomic mass is 19.1. The molecular formula is C12H11F2N5O3. The predicted molar refractivity (Wildman–Crippen MR) is 69.4 cm³/mol. The number of nitrogens with two attached hydrogens (primary N) is 1.